The number of pyridine rings is 1. The second-order valence-corrected chi connectivity index (χ2v) is 5.20. The third kappa shape index (κ3) is 1.87. The molecule has 2 aromatic rings. The first-order chi connectivity index (χ1) is 9.61. The largest absolute Gasteiger partial charge is 0.326 e. The Morgan fingerprint density at radius 3 is 2.80 bits per heavy atom. The van der Waals surface area contributed by atoms with Crippen LogP contribution < -0.4 is 10.5 Å². The van der Waals surface area contributed by atoms with Crippen molar-refractivity contribution < 1.29 is 0 Å². The Labute approximate surface area is 121 Å². The molecule has 20 heavy (non-hydrogen) atoms. The van der Waals surface area contributed by atoms with Crippen LogP contribution in [0, 0.1) is 18.3 Å². The second kappa shape index (κ2) is 4.69. The van der Waals surface area contributed by atoms with Crippen LogP contribution in [0.25, 0.3) is 0 Å². The molecule has 100 valence electrons. The van der Waals surface area contributed by atoms with Gasteiger partial charge < -0.3 is 4.90 Å². The van der Waals surface area contributed by atoms with Crippen molar-refractivity contribution >= 4 is 23.1 Å². The topological polar surface area (TPSA) is 49.0 Å². The molecule has 0 fully saturated rings. The van der Waals surface area contributed by atoms with Gasteiger partial charge in [-0.25, -0.2) is 0 Å². The van der Waals surface area contributed by atoms with Gasteiger partial charge in [0.2, 0.25) is 0 Å². The predicted molar refractivity (Wildman–Crippen MR) is 78.6 cm³/mol. The number of rotatable bonds is 1. The number of anilines is 2. The number of hydrogen-bond acceptors (Lipinski definition) is 3. The van der Waals surface area contributed by atoms with E-state index in [0.717, 1.165) is 11.5 Å². The minimum atomic E-state index is -0.216. The van der Waals surface area contributed by atoms with Crippen molar-refractivity contribution in [1.82, 2.24) is 4.57 Å². The second-order valence-electron chi connectivity index (χ2n) is 4.76. The highest BCUT2D eigenvalue weighted by atomic mass is 35.5. The molecule has 5 heteroatoms. The first-order valence-electron chi connectivity index (χ1n) is 6.29. The van der Waals surface area contributed by atoms with Gasteiger partial charge in [0.25, 0.3) is 5.56 Å². The Kier molecular flexibility index (Phi) is 3.00. The molecule has 4 nitrogen and oxygen atoms in total. The van der Waals surface area contributed by atoms with Gasteiger partial charge in [-0.2, -0.15) is 5.26 Å². The van der Waals surface area contributed by atoms with Gasteiger partial charge in [-0.1, -0.05) is 17.7 Å². The zero-order chi connectivity index (χ0) is 14.3. The SMILES string of the molecule is Cc1cc2n(c(=O)c1C#N)CCN2c1cccc(Cl)c1. The summed E-state index contributed by atoms with van der Waals surface area (Å²) in [5.41, 5.74) is 1.67. The molecule has 0 saturated heterocycles. The fraction of sp³-hybridized carbons (Fsp3) is 0.200. The lowest BCUT2D eigenvalue weighted by Crippen LogP contribution is -2.22. The highest BCUT2D eigenvalue weighted by Crippen LogP contribution is 2.31. The summed E-state index contributed by atoms with van der Waals surface area (Å²) in [6.45, 7) is 3.06. The van der Waals surface area contributed by atoms with E-state index in [0.29, 0.717) is 23.7 Å². The summed E-state index contributed by atoms with van der Waals surface area (Å²) >= 11 is 6.02. The maximum Gasteiger partial charge on any atom is 0.270 e. The molecule has 0 saturated carbocycles. The average molecular weight is 286 g/mol. The Hall–Kier alpha value is -2.25. The van der Waals surface area contributed by atoms with E-state index in [1.54, 1.807) is 11.5 Å². The number of aromatic nitrogens is 1. The Morgan fingerprint density at radius 1 is 1.30 bits per heavy atom. The van der Waals surface area contributed by atoms with Crippen molar-refractivity contribution in [3.05, 3.63) is 56.8 Å². The monoisotopic (exact) mass is 285 g/mol. The molecule has 0 radical (unpaired) electrons. The lowest BCUT2D eigenvalue weighted by Gasteiger charge is -2.19. The number of fused-ring (bicyclic) bond motifs is 1. The maximum absolute atomic E-state index is 12.2. The van der Waals surface area contributed by atoms with Gasteiger partial charge in [0.1, 0.15) is 17.5 Å². The minimum absolute atomic E-state index is 0.216. The van der Waals surface area contributed by atoms with Crippen molar-refractivity contribution in [2.24, 2.45) is 0 Å². The first kappa shape index (κ1) is 12.8. The van der Waals surface area contributed by atoms with Crippen molar-refractivity contribution in [1.29, 1.82) is 5.26 Å². The van der Waals surface area contributed by atoms with Crippen LogP contribution in [0.3, 0.4) is 0 Å². The molecule has 0 amide bonds. The molecule has 2 heterocycles. The van der Waals surface area contributed by atoms with Crippen LogP contribution in [0.15, 0.2) is 35.1 Å². The van der Waals surface area contributed by atoms with Crippen molar-refractivity contribution in [2.75, 3.05) is 11.4 Å². The molecular formula is C15H12ClN3O. The Bertz CT molecular complexity index is 789. The zero-order valence-electron chi connectivity index (χ0n) is 10.9. The van der Waals surface area contributed by atoms with E-state index in [1.807, 2.05) is 41.3 Å². The summed E-state index contributed by atoms with van der Waals surface area (Å²) in [4.78, 5) is 14.3. The van der Waals surface area contributed by atoms with Crippen molar-refractivity contribution in [3.63, 3.8) is 0 Å². The van der Waals surface area contributed by atoms with Gasteiger partial charge in [0, 0.05) is 23.8 Å². The number of nitrogens with zero attached hydrogens (tertiary/aromatic N) is 3. The van der Waals surface area contributed by atoms with Gasteiger partial charge >= 0.3 is 0 Å². The fourth-order valence-corrected chi connectivity index (χ4v) is 2.73. The standard InChI is InChI=1S/C15H12ClN3O/c1-10-7-14-18(12-4-2-3-11(16)8-12)5-6-19(14)15(20)13(10)9-17/h2-4,7-8H,5-6H2,1H3. The smallest absolute Gasteiger partial charge is 0.270 e. The number of hydrogen-bond donors (Lipinski definition) is 0. The first-order valence-corrected chi connectivity index (χ1v) is 6.67. The highest BCUT2D eigenvalue weighted by molar-refractivity contribution is 6.30. The lowest BCUT2D eigenvalue weighted by atomic mass is 10.1. The van der Waals surface area contributed by atoms with Gasteiger partial charge in [0.05, 0.1) is 0 Å². The summed E-state index contributed by atoms with van der Waals surface area (Å²) in [5, 5.41) is 9.72. The quantitative estimate of drug-likeness (QED) is 0.809. The van der Waals surface area contributed by atoms with E-state index in [2.05, 4.69) is 0 Å². The van der Waals surface area contributed by atoms with E-state index < -0.39 is 0 Å². The Morgan fingerprint density at radius 2 is 2.10 bits per heavy atom. The maximum atomic E-state index is 12.2. The molecule has 1 aromatic heterocycles. The number of halogens is 1. The summed E-state index contributed by atoms with van der Waals surface area (Å²) in [5.74, 6) is 0.814. The summed E-state index contributed by atoms with van der Waals surface area (Å²) < 4.78 is 1.65. The van der Waals surface area contributed by atoms with Crippen LogP contribution in [0.5, 0.6) is 0 Å². The summed E-state index contributed by atoms with van der Waals surface area (Å²) in [7, 11) is 0. The van der Waals surface area contributed by atoms with Crippen LogP contribution in [-0.2, 0) is 6.54 Å². The van der Waals surface area contributed by atoms with Crippen LogP contribution >= 0.6 is 11.6 Å². The molecular weight excluding hydrogens is 274 g/mol. The molecule has 1 aliphatic heterocycles. The minimum Gasteiger partial charge on any atom is -0.326 e. The number of aryl methyl sites for hydroxylation is 1. The van der Waals surface area contributed by atoms with Gasteiger partial charge in [-0.15, -0.1) is 0 Å². The predicted octanol–water partition coefficient (Wildman–Crippen LogP) is 2.83. The van der Waals surface area contributed by atoms with Crippen molar-refractivity contribution in [3.8, 4) is 6.07 Å². The van der Waals surface area contributed by atoms with Crippen LogP contribution in [0.2, 0.25) is 5.02 Å². The van der Waals surface area contributed by atoms with Gasteiger partial charge in [-0.05, 0) is 36.8 Å². The molecule has 0 atom stereocenters. The van der Waals surface area contributed by atoms with Crippen LogP contribution in [0.1, 0.15) is 11.1 Å². The van der Waals surface area contributed by atoms with Crippen LogP contribution in [-0.4, -0.2) is 11.1 Å². The third-order valence-corrected chi connectivity index (χ3v) is 3.77. The molecule has 0 spiro atoms. The zero-order valence-corrected chi connectivity index (χ0v) is 11.7. The van der Waals surface area contributed by atoms with Gasteiger partial charge in [0.15, 0.2) is 0 Å². The normalized spacial score (nSPS) is 13.2. The van der Waals surface area contributed by atoms with E-state index in [4.69, 9.17) is 16.9 Å². The number of benzene rings is 1. The fourth-order valence-electron chi connectivity index (χ4n) is 2.55. The van der Waals surface area contributed by atoms with Crippen molar-refractivity contribution in [2.45, 2.75) is 13.5 Å². The lowest BCUT2D eigenvalue weighted by molar-refractivity contribution is 0.763. The molecule has 1 aromatic carbocycles. The Balaban J connectivity index is 2.17. The molecule has 0 bridgehead atoms. The molecule has 0 unspecified atom stereocenters. The highest BCUT2D eigenvalue weighted by Gasteiger charge is 2.24. The van der Waals surface area contributed by atoms with E-state index in [1.165, 1.54) is 0 Å². The molecule has 0 N–H and O–H groups in total. The number of nitriles is 1. The van der Waals surface area contributed by atoms with Crippen LogP contribution in [0.4, 0.5) is 11.5 Å². The summed E-state index contributed by atoms with van der Waals surface area (Å²) in [6.07, 6.45) is 0. The van der Waals surface area contributed by atoms with E-state index in [-0.39, 0.29) is 11.1 Å². The van der Waals surface area contributed by atoms with Gasteiger partial charge in [-0.3, -0.25) is 9.36 Å². The average Bonchev–Trinajstić information content (AvgIpc) is 2.83. The van der Waals surface area contributed by atoms with E-state index >= 15 is 0 Å². The molecule has 0 aliphatic carbocycles. The third-order valence-electron chi connectivity index (χ3n) is 3.53. The molecule has 1 aliphatic rings. The van der Waals surface area contributed by atoms with E-state index in [9.17, 15) is 4.79 Å². The summed E-state index contributed by atoms with van der Waals surface area (Å²) in [6, 6.07) is 11.4. The molecule has 3 rings (SSSR count).